The number of amides is 2. The van der Waals surface area contributed by atoms with E-state index in [1.165, 1.54) is 11.0 Å². The Bertz CT molecular complexity index is 3180. The standard InChI is InChI=1S/C35H34N2O7.C21H22N2O7/c1-37(2)29-24-17-23-16-22-14-9-15-25(43-18-20-10-5-3-6-11-20)26(22)30(38)27(23)32(39)35(24,42)33(40)28(34(36)41)31(29)44-19-21-12-7-4-8-13-21;1-23(2)15-10-7-9-6-8-4-3-5-11(24)12(8)16(25)13(9)18(27)21(10,30)19(28)14(17(15)26)20(22)29/h3-15,23-24,29,38,42H,16-19H2,1-2H3,(H2,36,41);3-5,9-10,15,24-25,28,30H,6-7H2,1-2H3,(H2,22,29)/t23-,24-,29-,35-;9-,10-,15-,21-/m00/s1. The van der Waals surface area contributed by atoms with Crippen molar-refractivity contribution in [3.05, 3.63) is 164 Å². The molecule has 4 aromatic carbocycles. The van der Waals surface area contributed by atoms with Crippen LogP contribution in [0.5, 0.6) is 11.5 Å². The molecule has 0 radical (unpaired) electrons. The first kappa shape index (κ1) is 51.0. The van der Waals surface area contributed by atoms with Crippen molar-refractivity contribution < 1.29 is 68.9 Å². The normalized spacial score (nSPS) is 27.1. The highest BCUT2D eigenvalue weighted by molar-refractivity contribution is 6.33. The van der Waals surface area contributed by atoms with E-state index in [2.05, 4.69) is 0 Å². The third-order valence-electron chi connectivity index (χ3n) is 15.3. The van der Waals surface area contributed by atoms with E-state index in [-0.39, 0.29) is 60.0 Å². The Hall–Kier alpha value is -7.90. The number of rotatable bonds is 10. The molecule has 4 aromatic rings. The molecule has 74 heavy (non-hydrogen) atoms. The van der Waals surface area contributed by atoms with E-state index in [9.17, 15) is 59.4 Å². The molecule has 0 bridgehead atoms. The smallest absolute Gasteiger partial charge is 0.255 e. The largest absolute Gasteiger partial charge is 0.508 e. The maximum atomic E-state index is 14.3. The molecule has 8 atom stereocenters. The molecule has 0 saturated heterocycles. The van der Waals surface area contributed by atoms with Crippen LogP contribution in [-0.2, 0) is 59.6 Å². The number of benzene rings is 4. The number of likely N-dealkylation sites (N-methyl/N-ethyl adjacent to an activating group) is 2. The number of aliphatic hydroxyl groups is 5. The van der Waals surface area contributed by atoms with Crippen LogP contribution in [0.4, 0.5) is 0 Å². The quantitative estimate of drug-likeness (QED) is 0.0834. The molecular weight excluding hydrogens is 953 g/mol. The third-order valence-corrected chi connectivity index (χ3v) is 15.3. The van der Waals surface area contributed by atoms with Crippen LogP contribution >= 0.6 is 0 Å². The minimum absolute atomic E-state index is 0.0308. The Labute approximate surface area is 425 Å². The molecule has 10 N–H and O–H groups in total. The molecule has 384 valence electrons. The van der Waals surface area contributed by atoms with Gasteiger partial charge in [-0.1, -0.05) is 84.9 Å². The van der Waals surface area contributed by atoms with Gasteiger partial charge in [0.1, 0.15) is 58.9 Å². The molecule has 6 aliphatic rings. The SMILES string of the molecule is CN(C)[C@@H]1C(=O)C(C(N)=O)=C(O)[C@@]2(O)C(=O)C3=C(O)c4c(O)cccc4C[C@H]3C[C@@H]12.CN(C)[C@@H]1C(OCc2ccccc2)=C(C(N)=O)C(=O)[C@@]2(O)C(=O)C3=C(O)c4c(cccc4OCc4ccccc4)C[C@H]3C[C@@H]12. The van der Waals surface area contributed by atoms with E-state index in [4.69, 9.17) is 20.9 Å². The zero-order valence-corrected chi connectivity index (χ0v) is 40.9. The Morgan fingerprint density at radius 2 is 1.05 bits per heavy atom. The number of nitrogens with two attached hydrogens (primary N) is 2. The number of ether oxygens (including phenoxy) is 2. The minimum atomic E-state index is -2.63. The Balaban J connectivity index is 0.000000195. The molecule has 2 amide bonds. The molecule has 0 unspecified atom stereocenters. The Morgan fingerprint density at radius 3 is 1.58 bits per heavy atom. The molecule has 18 heteroatoms. The lowest BCUT2D eigenvalue weighted by Crippen LogP contribution is -2.67. The molecular formula is C56H56N4O14. The first-order chi connectivity index (χ1) is 35.1. The third kappa shape index (κ3) is 8.05. The summed E-state index contributed by atoms with van der Waals surface area (Å²) < 4.78 is 12.2. The minimum Gasteiger partial charge on any atom is -0.508 e. The molecule has 10 rings (SSSR count). The number of hydrogen-bond donors (Lipinski definition) is 8. The molecule has 0 heterocycles. The second-order valence-electron chi connectivity index (χ2n) is 20.1. The highest BCUT2D eigenvalue weighted by Crippen LogP contribution is 2.54. The fraction of sp³-hybridized carbons (Fsp3) is 0.321. The topological polar surface area (TPSA) is 301 Å². The van der Waals surface area contributed by atoms with E-state index >= 15 is 0 Å². The molecule has 0 aliphatic heterocycles. The average molecular weight is 1010 g/mol. The van der Waals surface area contributed by atoms with Crippen LogP contribution < -0.4 is 16.2 Å². The fourth-order valence-electron chi connectivity index (χ4n) is 12.1. The number of ketones is 4. The lowest BCUT2D eigenvalue weighted by atomic mass is 9.57. The van der Waals surface area contributed by atoms with E-state index in [1.807, 2.05) is 72.8 Å². The summed E-state index contributed by atoms with van der Waals surface area (Å²) in [7, 11) is 6.58. The number of phenolic OH excluding ortho intramolecular Hbond substituents is 1. The monoisotopic (exact) mass is 1010 g/mol. The van der Waals surface area contributed by atoms with Gasteiger partial charge >= 0.3 is 0 Å². The van der Waals surface area contributed by atoms with Gasteiger partial charge in [-0.15, -0.1) is 0 Å². The van der Waals surface area contributed by atoms with Gasteiger partial charge in [0.2, 0.25) is 17.3 Å². The Morgan fingerprint density at radius 1 is 0.581 bits per heavy atom. The maximum Gasteiger partial charge on any atom is 0.255 e. The molecule has 18 nitrogen and oxygen atoms in total. The van der Waals surface area contributed by atoms with Crippen molar-refractivity contribution >= 4 is 46.5 Å². The van der Waals surface area contributed by atoms with E-state index in [0.29, 0.717) is 29.7 Å². The number of Topliss-reactive ketones (excluding diaryl/α,β-unsaturated/α-hetero) is 4. The van der Waals surface area contributed by atoms with Gasteiger partial charge in [0.15, 0.2) is 17.0 Å². The summed E-state index contributed by atoms with van der Waals surface area (Å²) in [5.74, 6) is -11.0. The van der Waals surface area contributed by atoms with Crippen molar-refractivity contribution in [1.82, 2.24) is 9.80 Å². The number of primary amides is 2. The van der Waals surface area contributed by atoms with E-state index in [1.54, 1.807) is 51.3 Å². The first-order valence-corrected chi connectivity index (χ1v) is 24.0. The number of fused-ring (bicyclic) bond motifs is 6. The molecule has 2 saturated carbocycles. The van der Waals surface area contributed by atoms with Gasteiger partial charge in [-0.3, -0.25) is 38.6 Å². The molecule has 0 spiro atoms. The first-order valence-electron chi connectivity index (χ1n) is 24.0. The van der Waals surface area contributed by atoms with Gasteiger partial charge in [-0.2, -0.15) is 0 Å². The number of phenols is 1. The second-order valence-corrected chi connectivity index (χ2v) is 20.1. The van der Waals surface area contributed by atoms with Crippen LogP contribution in [0.25, 0.3) is 11.5 Å². The van der Waals surface area contributed by atoms with Crippen LogP contribution in [0.15, 0.2) is 131 Å². The van der Waals surface area contributed by atoms with Crippen molar-refractivity contribution in [3.8, 4) is 11.5 Å². The number of nitrogens with zero attached hydrogens (tertiary/aromatic N) is 2. The zero-order valence-electron chi connectivity index (χ0n) is 40.9. The van der Waals surface area contributed by atoms with Crippen LogP contribution in [0.3, 0.4) is 0 Å². The second kappa shape index (κ2) is 19.2. The summed E-state index contributed by atoms with van der Waals surface area (Å²) in [4.78, 5) is 82.5. The van der Waals surface area contributed by atoms with Crippen molar-refractivity contribution in [3.63, 3.8) is 0 Å². The van der Waals surface area contributed by atoms with Crippen molar-refractivity contribution in [2.75, 3.05) is 28.2 Å². The van der Waals surface area contributed by atoms with Crippen molar-refractivity contribution in [2.24, 2.45) is 35.1 Å². The zero-order chi connectivity index (χ0) is 53.3. The average Bonchev–Trinajstić information content (AvgIpc) is 3.35. The maximum absolute atomic E-state index is 14.3. The summed E-state index contributed by atoms with van der Waals surface area (Å²) in [6.45, 7) is 0.295. The van der Waals surface area contributed by atoms with Crippen LogP contribution in [0.1, 0.15) is 46.2 Å². The van der Waals surface area contributed by atoms with E-state index < -0.39 is 105 Å². The lowest BCUT2D eigenvalue weighted by molar-refractivity contribution is -0.163. The summed E-state index contributed by atoms with van der Waals surface area (Å²) in [5, 5.41) is 66.8. The number of carbonyl (C=O) groups excluding carboxylic acids is 6. The number of aliphatic hydroxyl groups excluding tert-OH is 3. The van der Waals surface area contributed by atoms with Crippen LogP contribution in [-0.4, -0.2) is 127 Å². The molecule has 6 aliphatic carbocycles. The summed E-state index contributed by atoms with van der Waals surface area (Å²) in [6, 6.07) is 27.0. The number of aromatic hydroxyl groups is 1. The van der Waals surface area contributed by atoms with Gasteiger partial charge in [0.05, 0.1) is 23.2 Å². The lowest BCUT2D eigenvalue weighted by Gasteiger charge is -2.50. The molecule has 0 aromatic heterocycles. The predicted molar refractivity (Wildman–Crippen MR) is 266 cm³/mol. The summed E-state index contributed by atoms with van der Waals surface area (Å²) >= 11 is 0. The van der Waals surface area contributed by atoms with Crippen molar-refractivity contribution in [1.29, 1.82) is 0 Å². The predicted octanol–water partition coefficient (Wildman–Crippen LogP) is 3.46. The summed E-state index contributed by atoms with van der Waals surface area (Å²) in [5.41, 5.74) is 7.78. The summed E-state index contributed by atoms with van der Waals surface area (Å²) in [6.07, 6.45) is 0.940. The van der Waals surface area contributed by atoms with Gasteiger partial charge in [-0.25, -0.2) is 0 Å². The highest BCUT2D eigenvalue weighted by Gasteiger charge is 2.66. The van der Waals surface area contributed by atoms with Gasteiger partial charge in [-0.05, 0) is 100 Å². The van der Waals surface area contributed by atoms with Gasteiger partial charge in [0.25, 0.3) is 11.8 Å². The van der Waals surface area contributed by atoms with Crippen LogP contribution in [0, 0.1) is 23.7 Å². The van der Waals surface area contributed by atoms with Crippen molar-refractivity contribution in [2.45, 2.75) is 62.2 Å². The number of hydrogen-bond acceptors (Lipinski definition) is 16. The van der Waals surface area contributed by atoms with Crippen LogP contribution in [0.2, 0.25) is 0 Å². The Kier molecular flexibility index (Phi) is 13.2. The number of carbonyl (C=O) groups is 6. The highest BCUT2D eigenvalue weighted by atomic mass is 16.5. The van der Waals surface area contributed by atoms with Gasteiger partial charge in [0, 0.05) is 23.0 Å². The van der Waals surface area contributed by atoms with E-state index in [0.717, 1.165) is 16.7 Å². The molecule has 2 fully saturated rings. The fourth-order valence-corrected chi connectivity index (χ4v) is 12.1. The van der Waals surface area contributed by atoms with Gasteiger partial charge < -0.3 is 51.6 Å².